The molecule has 0 aromatic carbocycles. The molecule has 0 aromatic rings. The van der Waals surface area contributed by atoms with E-state index >= 15 is 0 Å². The molecule has 0 amide bonds. The van der Waals surface area contributed by atoms with Crippen LogP contribution in [0.3, 0.4) is 0 Å². The third-order valence-corrected chi connectivity index (χ3v) is 5.77. The van der Waals surface area contributed by atoms with Gasteiger partial charge in [-0.2, -0.15) is 0 Å². The van der Waals surface area contributed by atoms with E-state index in [4.69, 9.17) is 4.74 Å². The molecule has 0 bridgehead atoms. The number of unbranched alkanes of at least 4 members (excludes halogenated alkanes) is 1. The quantitative estimate of drug-likeness (QED) is 0.356. The maximum atomic E-state index is 14.9. The minimum Gasteiger partial charge on any atom is -0.550 e. The first-order valence-corrected chi connectivity index (χ1v) is 10.1. The van der Waals surface area contributed by atoms with Crippen LogP contribution in [0.25, 0.3) is 0 Å². The van der Waals surface area contributed by atoms with Crippen molar-refractivity contribution in [2.24, 2.45) is 17.8 Å². The van der Waals surface area contributed by atoms with Crippen LogP contribution in [0.4, 0.5) is 4.39 Å². The van der Waals surface area contributed by atoms with Gasteiger partial charge in [-0.25, -0.2) is 4.39 Å². The van der Waals surface area contributed by atoms with Crippen molar-refractivity contribution in [3.63, 3.8) is 0 Å². The van der Waals surface area contributed by atoms with E-state index in [0.717, 1.165) is 19.3 Å². The Kier molecular flexibility index (Phi) is 11.5. The number of hydrogen-bond acceptors (Lipinski definition) is 5. The van der Waals surface area contributed by atoms with E-state index in [1.54, 1.807) is 24.3 Å². The average Bonchev–Trinajstić information content (AvgIpc) is 3.09. The second-order valence-electron chi connectivity index (χ2n) is 7.88. The molecule has 7 heteroatoms. The molecule has 2 unspecified atom stereocenters. The summed E-state index contributed by atoms with van der Waals surface area (Å²) in [5.74, 6) is -1.86. The Bertz CT molecular complexity index is 541. The summed E-state index contributed by atoms with van der Waals surface area (Å²) in [5, 5.41) is 31.0. The number of halogens is 1. The smallest absolute Gasteiger partial charge is 0.550 e. The predicted octanol–water partition coefficient (Wildman–Crippen LogP) is -1.08. The standard InChI is InChI=1S/C21H33FO5.Na/c1-3-4-7-13(2)15(23)11-10-14-16(24)12-18-20(14)21(22)17(27-18)8-5-6-9-19(25)26;/h5,8,10-11,13-18,20-21,23-24H,3-4,6-7,9,12H2,1-2H3,(H,25,26);/q;+1/p-1/b8-5+,11-10+;/t13?,14-,15-,16+,17+,18+,20+,21?;/m0./s1. The van der Waals surface area contributed by atoms with Gasteiger partial charge < -0.3 is 24.9 Å². The van der Waals surface area contributed by atoms with Gasteiger partial charge in [0.2, 0.25) is 0 Å². The summed E-state index contributed by atoms with van der Waals surface area (Å²) in [4.78, 5) is 10.4. The van der Waals surface area contributed by atoms with Crippen molar-refractivity contribution in [3.05, 3.63) is 24.3 Å². The normalized spacial score (nSPS) is 34.5. The summed E-state index contributed by atoms with van der Waals surface area (Å²) in [7, 11) is 0. The van der Waals surface area contributed by atoms with Gasteiger partial charge in [0.25, 0.3) is 0 Å². The van der Waals surface area contributed by atoms with Gasteiger partial charge in [0.05, 0.1) is 18.3 Å². The number of allylic oxidation sites excluding steroid dienone is 1. The molecule has 2 rings (SSSR count). The molecule has 1 aliphatic heterocycles. The largest absolute Gasteiger partial charge is 1.00 e. The van der Waals surface area contributed by atoms with Crippen LogP contribution in [0.2, 0.25) is 0 Å². The van der Waals surface area contributed by atoms with Crippen LogP contribution < -0.4 is 34.7 Å². The van der Waals surface area contributed by atoms with E-state index in [9.17, 15) is 24.5 Å². The van der Waals surface area contributed by atoms with Gasteiger partial charge in [0.1, 0.15) is 12.3 Å². The number of fused-ring (bicyclic) bond motifs is 1. The predicted molar refractivity (Wildman–Crippen MR) is 98.4 cm³/mol. The number of rotatable bonds is 10. The molecule has 2 N–H and O–H groups in total. The number of aliphatic hydroxyl groups is 2. The fourth-order valence-corrected chi connectivity index (χ4v) is 4.08. The summed E-state index contributed by atoms with van der Waals surface area (Å²) in [5.41, 5.74) is 0. The van der Waals surface area contributed by atoms with E-state index in [1.807, 2.05) is 6.92 Å². The summed E-state index contributed by atoms with van der Waals surface area (Å²) in [6.07, 6.45) is 6.55. The molecular weight excluding hydrogens is 374 g/mol. The zero-order valence-corrected chi connectivity index (χ0v) is 19.2. The Morgan fingerprint density at radius 2 is 2.11 bits per heavy atom. The number of carbonyl (C=O) groups is 1. The third-order valence-electron chi connectivity index (χ3n) is 5.77. The fraction of sp³-hybridized carbons (Fsp3) is 0.762. The molecule has 8 atom stereocenters. The molecule has 154 valence electrons. The molecule has 2 fully saturated rings. The molecule has 1 aliphatic carbocycles. The minimum absolute atomic E-state index is 0. The Morgan fingerprint density at radius 1 is 1.39 bits per heavy atom. The van der Waals surface area contributed by atoms with Crippen LogP contribution in [0.5, 0.6) is 0 Å². The first-order chi connectivity index (χ1) is 12.8. The van der Waals surface area contributed by atoms with E-state index < -0.39 is 36.4 Å². The van der Waals surface area contributed by atoms with Crippen molar-refractivity contribution in [2.75, 3.05) is 0 Å². The molecule has 1 saturated carbocycles. The summed E-state index contributed by atoms with van der Waals surface area (Å²) < 4.78 is 20.6. The van der Waals surface area contributed by atoms with Gasteiger partial charge in [0, 0.05) is 24.2 Å². The number of carboxylic acid groups (broad SMARTS) is 1. The minimum atomic E-state index is -1.27. The Morgan fingerprint density at radius 3 is 2.75 bits per heavy atom. The number of alkyl halides is 1. The van der Waals surface area contributed by atoms with Gasteiger partial charge in [0.15, 0.2) is 0 Å². The SMILES string of the molecule is CCCCC(C)[C@@H](O)/C=C/[C@@H]1[C@H]2C(F)[C@@H](/C=C/CCC(=O)[O-])O[C@@H]2C[C@H]1O.[Na+]. The molecule has 1 saturated heterocycles. The Labute approximate surface area is 189 Å². The summed E-state index contributed by atoms with van der Waals surface area (Å²) in [6, 6.07) is 0. The molecule has 0 aromatic heterocycles. The zero-order chi connectivity index (χ0) is 20.0. The van der Waals surface area contributed by atoms with Crippen molar-refractivity contribution in [3.8, 4) is 0 Å². The van der Waals surface area contributed by atoms with E-state index in [1.165, 1.54) is 0 Å². The topological polar surface area (TPSA) is 89.8 Å². The van der Waals surface area contributed by atoms with Crippen LogP contribution >= 0.6 is 0 Å². The molecule has 5 nitrogen and oxygen atoms in total. The van der Waals surface area contributed by atoms with Gasteiger partial charge >= 0.3 is 29.6 Å². The van der Waals surface area contributed by atoms with Crippen molar-refractivity contribution in [1.82, 2.24) is 0 Å². The van der Waals surface area contributed by atoms with E-state index in [2.05, 4.69) is 6.92 Å². The van der Waals surface area contributed by atoms with Gasteiger partial charge in [-0.15, -0.1) is 0 Å². The number of ether oxygens (including phenoxy) is 1. The van der Waals surface area contributed by atoms with Crippen molar-refractivity contribution >= 4 is 5.97 Å². The Balaban J connectivity index is 0.00000392. The average molecular weight is 406 g/mol. The molecule has 28 heavy (non-hydrogen) atoms. The van der Waals surface area contributed by atoms with Gasteiger partial charge in [-0.05, 0) is 25.2 Å². The van der Waals surface area contributed by atoms with Crippen LogP contribution in [0, 0.1) is 17.8 Å². The van der Waals surface area contributed by atoms with Crippen molar-refractivity contribution < 1.29 is 58.8 Å². The number of aliphatic carboxylic acids is 1. The van der Waals surface area contributed by atoms with E-state index in [-0.39, 0.29) is 60.3 Å². The fourth-order valence-electron chi connectivity index (χ4n) is 4.08. The molecule has 0 radical (unpaired) electrons. The zero-order valence-electron chi connectivity index (χ0n) is 17.2. The second kappa shape index (κ2) is 12.5. The van der Waals surface area contributed by atoms with Gasteiger partial charge in [-0.1, -0.05) is 51.0 Å². The third kappa shape index (κ3) is 6.92. The van der Waals surface area contributed by atoms with Crippen LogP contribution in [-0.4, -0.2) is 46.8 Å². The Hall–Kier alpha value is -0.240. The number of carboxylic acids is 1. The summed E-state index contributed by atoms with van der Waals surface area (Å²) >= 11 is 0. The molecular formula is C21H32FNaO5. The summed E-state index contributed by atoms with van der Waals surface area (Å²) in [6.45, 7) is 4.09. The van der Waals surface area contributed by atoms with E-state index in [0.29, 0.717) is 6.42 Å². The van der Waals surface area contributed by atoms with Crippen LogP contribution in [0.15, 0.2) is 24.3 Å². The number of aliphatic hydroxyl groups excluding tert-OH is 2. The molecule has 1 heterocycles. The number of carbonyl (C=O) groups excluding carboxylic acids is 1. The molecule has 0 spiro atoms. The first-order valence-electron chi connectivity index (χ1n) is 10.1. The second-order valence-corrected chi connectivity index (χ2v) is 7.88. The van der Waals surface area contributed by atoms with Crippen LogP contribution in [-0.2, 0) is 9.53 Å². The monoisotopic (exact) mass is 406 g/mol. The van der Waals surface area contributed by atoms with Crippen molar-refractivity contribution in [2.45, 2.75) is 83.0 Å². The maximum Gasteiger partial charge on any atom is 1.00 e. The first kappa shape index (κ1) is 25.8. The number of hydrogen-bond donors (Lipinski definition) is 2. The van der Waals surface area contributed by atoms with Crippen LogP contribution in [0.1, 0.15) is 52.4 Å². The maximum absolute atomic E-state index is 14.9. The van der Waals surface area contributed by atoms with Gasteiger partial charge in [-0.3, -0.25) is 0 Å². The molecule has 2 aliphatic rings. The van der Waals surface area contributed by atoms with Crippen molar-refractivity contribution in [1.29, 1.82) is 0 Å².